The predicted octanol–water partition coefficient (Wildman–Crippen LogP) is 2.03. The molecule has 4 unspecified atom stereocenters. The molecule has 8 heteroatoms. The molecule has 0 aromatic heterocycles. The van der Waals surface area contributed by atoms with E-state index >= 15 is 0 Å². The second-order valence-electron chi connectivity index (χ2n) is 8.77. The van der Waals surface area contributed by atoms with Crippen LogP contribution < -0.4 is 11.5 Å². The number of nitrogens with two attached hydrogens (primary N) is 2. The van der Waals surface area contributed by atoms with Gasteiger partial charge in [-0.2, -0.15) is 0 Å². The maximum absolute atomic E-state index is 11.6. The summed E-state index contributed by atoms with van der Waals surface area (Å²) in [4.78, 5) is 22.6. The maximum atomic E-state index is 11.6. The lowest BCUT2D eigenvalue weighted by atomic mass is 9.84. The minimum atomic E-state index is -2.44. The van der Waals surface area contributed by atoms with E-state index in [0.717, 1.165) is 25.7 Å². The highest BCUT2D eigenvalue weighted by Gasteiger charge is 2.47. The third-order valence-corrected chi connectivity index (χ3v) is 6.02. The van der Waals surface area contributed by atoms with E-state index in [1.54, 1.807) is 0 Å². The first-order valence-electron chi connectivity index (χ1n) is 12.0. The molecule has 0 aliphatic carbocycles. The molecule has 4 atom stereocenters. The smallest absolute Gasteiger partial charge is 0.252 e. The molecule has 8 nitrogen and oxygen atoms in total. The largest absolute Gasteiger partial charge is 0.387 e. The van der Waals surface area contributed by atoms with E-state index in [1.165, 1.54) is 64.2 Å². The number of hydrogen-bond acceptors (Lipinski definition) is 6. The SMILES string of the molecule is CCCCCCCCCCCCCCCCCC(O)(C(N)=O)C(O)C(O)C(O)C(N)=O. The molecule has 0 saturated carbocycles. The highest BCUT2D eigenvalue weighted by atomic mass is 16.4. The average Bonchev–Trinajstić information content (AvgIpc) is 2.74. The van der Waals surface area contributed by atoms with Crippen molar-refractivity contribution in [2.75, 3.05) is 0 Å². The Morgan fingerprint density at radius 2 is 1.06 bits per heavy atom. The van der Waals surface area contributed by atoms with Crippen LogP contribution in [0.3, 0.4) is 0 Å². The maximum Gasteiger partial charge on any atom is 0.252 e. The van der Waals surface area contributed by atoms with Crippen molar-refractivity contribution >= 4 is 11.8 Å². The minimum Gasteiger partial charge on any atom is -0.387 e. The van der Waals surface area contributed by atoms with Crippen molar-refractivity contribution < 1.29 is 30.0 Å². The summed E-state index contributed by atoms with van der Waals surface area (Å²) in [6, 6.07) is 0. The molecule has 0 radical (unpaired) electrons. The number of amides is 2. The van der Waals surface area contributed by atoms with Gasteiger partial charge in [-0.05, 0) is 12.8 Å². The highest BCUT2D eigenvalue weighted by molar-refractivity contribution is 5.84. The molecular weight excluding hydrogens is 400 g/mol. The Balaban J connectivity index is 3.91. The standard InChI is InChI=1S/C23H46N2O6/c1-2-3-4-5-6-7-8-9-10-11-12-13-14-15-16-17-23(31,22(25)30)20(28)18(26)19(27)21(24)29/h18-20,26-28,31H,2-17H2,1H3,(H2,24,29)(H2,25,30). The molecule has 184 valence electrons. The Kier molecular flexibility index (Phi) is 16.7. The fourth-order valence-corrected chi connectivity index (χ4v) is 3.81. The number of aliphatic hydroxyl groups is 4. The van der Waals surface area contributed by atoms with Gasteiger partial charge < -0.3 is 31.9 Å². The van der Waals surface area contributed by atoms with Crippen molar-refractivity contribution in [1.29, 1.82) is 0 Å². The number of primary amides is 2. The molecule has 0 heterocycles. The quantitative estimate of drug-likeness (QED) is 0.147. The molecule has 0 aliphatic heterocycles. The van der Waals surface area contributed by atoms with Crippen molar-refractivity contribution in [2.45, 2.75) is 134 Å². The van der Waals surface area contributed by atoms with Crippen molar-refractivity contribution in [2.24, 2.45) is 11.5 Å². The zero-order valence-electron chi connectivity index (χ0n) is 19.3. The highest BCUT2D eigenvalue weighted by Crippen LogP contribution is 2.24. The number of carbonyl (C=O) groups excluding carboxylic acids is 2. The van der Waals surface area contributed by atoms with Crippen molar-refractivity contribution in [3.8, 4) is 0 Å². The van der Waals surface area contributed by atoms with Gasteiger partial charge in [-0.3, -0.25) is 9.59 Å². The van der Waals surface area contributed by atoms with Gasteiger partial charge in [0.25, 0.3) is 5.91 Å². The molecule has 2 amide bonds. The van der Waals surface area contributed by atoms with Gasteiger partial charge in [0.15, 0.2) is 11.7 Å². The zero-order valence-corrected chi connectivity index (χ0v) is 19.3. The molecule has 0 spiro atoms. The summed E-state index contributed by atoms with van der Waals surface area (Å²) in [7, 11) is 0. The molecule has 0 saturated heterocycles. The third kappa shape index (κ3) is 12.4. The van der Waals surface area contributed by atoms with Gasteiger partial charge in [-0.25, -0.2) is 0 Å². The van der Waals surface area contributed by atoms with E-state index in [2.05, 4.69) is 6.92 Å². The Labute approximate surface area is 187 Å². The summed E-state index contributed by atoms with van der Waals surface area (Å²) in [5, 5.41) is 39.8. The van der Waals surface area contributed by atoms with Crippen LogP contribution in [0.1, 0.15) is 110 Å². The minimum absolute atomic E-state index is 0.176. The van der Waals surface area contributed by atoms with Crippen LogP contribution in [0.4, 0.5) is 0 Å². The lowest BCUT2D eigenvalue weighted by molar-refractivity contribution is -0.176. The first kappa shape index (κ1) is 29.8. The van der Waals surface area contributed by atoms with E-state index in [-0.39, 0.29) is 6.42 Å². The van der Waals surface area contributed by atoms with Gasteiger partial charge in [0.1, 0.15) is 12.2 Å². The van der Waals surface area contributed by atoms with Gasteiger partial charge >= 0.3 is 0 Å². The summed E-state index contributed by atoms with van der Waals surface area (Å²) in [6.07, 6.45) is 10.9. The number of carbonyl (C=O) groups is 2. The fourth-order valence-electron chi connectivity index (χ4n) is 3.81. The molecule has 0 aliphatic rings. The van der Waals surface area contributed by atoms with Gasteiger partial charge in [0.2, 0.25) is 5.91 Å². The van der Waals surface area contributed by atoms with Crippen LogP contribution in [0.15, 0.2) is 0 Å². The number of unbranched alkanes of at least 4 members (excludes halogenated alkanes) is 14. The van der Waals surface area contributed by atoms with E-state index in [1.807, 2.05) is 0 Å². The van der Waals surface area contributed by atoms with Crippen LogP contribution in [0.2, 0.25) is 0 Å². The van der Waals surface area contributed by atoms with Crippen molar-refractivity contribution in [1.82, 2.24) is 0 Å². The van der Waals surface area contributed by atoms with Crippen molar-refractivity contribution in [3.63, 3.8) is 0 Å². The Morgan fingerprint density at radius 1 is 0.710 bits per heavy atom. The molecule has 0 aromatic rings. The van der Waals surface area contributed by atoms with Crippen LogP contribution >= 0.6 is 0 Å². The molecule has 0 rings (SSSR count). The lowest BCUT2D eigenvalue weighted by Gasteiger charge is -2.33. The summed E-state index contributed by atoms with van der Waals surface area (Å²) in [6.45, 7) is 2.23. The number of aliphatic hydroxyl groups excluding tert-OH is 3. The first-order chi connectivity index (χ1) is 14.7. The molecule has 8 N–H and O–H groups in total. The summed E-state index contributed by atoms with van der Waals surface area (Å²) >= 11 is 0. The fraction of sp³-hybridized carbons (Fsp3) is 0.913. The van der Waals surface area contributed by atoms with Gasteiger partial charge in [0, 0.05) is 0 Å². The normalized spacial score (nSPS) is 16.4. The molecule has 0 aromatic carbocycles. The van der Waals surface area contributed by atoms with E-state index in [4.69, 9.17) is 11.5 Å². The third-order valence-electron chi connectivity index (χ3n) is 6.02. The molecule has 0 fully saturated rings. The summed E-state index contributed by atoms with van der Waals surface area (Å²) in [5.74, 6) is -2.49. The Hall–Kier alpha value is -1.22. The average molecular weight is 447 g/mol. The summed E-state index contributed by atoms with van der Waals surface area (Å²) < 4.78 is 0. The van der Waals surface area contributed by atoms with Crippen LogP contribution in [0.25, 0.3) is 0 Å². The molecule has 31 heavy (non-hydrogen) atoms. The monoisotopic (exact) mass is 446 g/mol. The van der Waals surface area contributed by atoms with Gasteiger partial charge in [-0.15, -0.1) is 0 Å². The predicted molar refractivity (Wildman–Crippen MR) is 121 cm³/mol. The first-order valence-corrected chi connectivity index (χ1v) is 12.0. The van der Waals surface area contributed by atoms with E-state index in [9.17, 15) is 30.0 Å². The van der Waals surface area contributed by atoms with Crippen molar-refractivity contribution in [3.05, 3.63) is 0 Å². The van der Waals surface area contributed by atoms with Gasteiger partial charge in [-0.1, -0.05) is 96.8 Å². The Morgan fingerprint density at radius 3 is 1.39 bits per heavy atom. The topological polar surface area (TPSA) is 167 Å². The molecule has 0 bridgehead atoms. The Bertz CT molecular complexity index is 491. The van der Waals surface area contributed by atoms with Gasteiger partial charge in [0.05, 0.1) is 0 Å². The number of rotatable bonds is 21. The zero-order chi connectivity index (χ0) is 23.7. The van der Waals surface area contributed by atoms with Crippen LogP contribution in [-0.4, -0.2) is 56.2 Å². The number of hydrogen-bond donors (Lipinski definition) is 6. The second kappa shape index (κ2) is 17.3. The van der Waals surface area contributed by atoms with E-state index in [0.29, 0.717) is 6.42 Å². The molecular formula is C23H46N2O6. The lowest BCUT2D eigenvalue weighted by Crippen LogP contribution is -2.61. The summed E-state index contributed by atoms with van der Waals surface area (Å²) in [5.41, 5.74) is 7.62. The second-order valence-corrected chi connectivity index (χ2v) is 8.77. The van der Waals surface area contributed by atoms with Crippen LogP contribution in [0.5, 0.6) is 0 Å². The van der Waals surface area contributed by atoms with Crippen LogP contribution in [0, 0.1) is 0 Å². The van der Waals surface area contributed by atoms with E-state index < -0.39 is 35.7 Å². The van der Waals surface area contributed by atoms with Crippen LogP contribution in [-0.2, 0) is 9.59 Å².